The third-order valence-electron chi connectivity index (χ3n) is 3.41. The van der Waals surface area contributed by atoms with Crippen LogP contribution in [-0.2, 0) is 6.42 Å². The molecule has 0 heterocycles. The van der Waals surface area contributed by atoms with Crippen molar-refractivity contribution in [3.63, 3.8) is 0 Å². The fourth-order valence-corrected chi connectivity index (χ4v) is 2.18. The molecule has 1 aromatic carbocycles. The van der Waals surface area contributed by atoms with Gasteiger partial charge >= 0.3 is 0 Å². The number of allylic oxidation sites excluding steroid dienone is 2. The Bertz CT molecular complexity index is 343. The first-order chi connectivity index (χ1) is 7.29. The first-order valence-electron chi connectivity index (χ1n) is 6.08. The lowest BCUT2D eigenvalue weighted by Gasteiger charge is -2.18. The maximum absolute atomic E-state index is 2.43. The predicted molar refractivity (Wildman–Crippen MR) is 66.8 cm³/mol. The summed E-state index contributed by atoms with van der Waals surface area (Å²) in [7, 11) is 0. The third kappa shape index (κ3) is 2.50. The van der Waals surface area contributed by atoms with Gasteiger partial charge in [0.15, 0.2) is 0 Å². The molecule has 0 nitrogen and oxygen atoms in total. The minimum Gasteiger partial charge on any atom is -0.0805 e. The van der Waals surface area contributed by atoms with E-state index in [0.717, 1.165) is 12.3 Å². The van der Waals surface area contributed by atoms with Crippen molar-refractivity contribution in [1.29, 1.82) is 0 Å². The summed E-state index contributed by atoms with van der Waals surface area (Å²) in [4.78, 5) is 0. The molecule has 0 fully saturated rings. The van der Waals surface area contributed by atoms with Crippen LogP contribution >= 0.6 is 0 Å². The number of rotatable bonds is 2. The Kier molecular flexibility index (Phi) is 3.25. The number of benzene rings is 1. The molecule has 2 rings (SSSR count). The Balaban J connectivity index is 2.16. The van der Waals surface area contributed by atoms with Crippen molar-refractivity contribution < 1.29 is 0 Å². The maximum atomic E-state index is 2.43. The third-order valence-corrected chi connectivity index (χ3v) is 3.41. The Morgan fingerprint density at radius 3 is 2.47 bits per heavy atom. The van der Waals surface area contributed by atoms with Gasteiger partial charge in [0.2, 0.25) is 0 Å². The van der Waals surface area contributed by atoms with Crippen LogP contribution in [-0.4, -0.2) is 0 Å². The zero-order valence-corrected chi connectivity index (χ0v) is 9.79. The summed E-state index contributed by atoms with van der Waals surface area (Å²) >= 11 is 0. The van der Waals surface area contributed by atoms with Crippen LogP contribution in [0.25, 0.3) is 5.57 Å². The van der Waals surface area contributed by atoms with Crippen LogP contribution in [0.2, 0.25) is 0 Å². The maximum Gasteiger partial charge on any atom is -0.0228 e. The van der Waals surface area contributed by atoms with Crippen molar-refractivity contribution in [2.45, 2.75) is 39.5 Å². The molecule has 0 saturated heterocycles. The standard InChI is InChI=1S/C15H20/c1-3-13-6-10-15(11-7-13)14-8-4-12(2)5-9-14/h6-8,10-12H,3-5,9H2,1-2H3. The molecule has 1 aliphatic carbocycles. The molecule has 0 spiro atoms. The summed E-state index contributed by atoms with van der Waals surface area (Å²) < 4.78 is 0. The molecule has 0 aromatic heterocycles. The second kappa shape index (κ2) is 4.65. The topological polar surface area (TPSA) is 0 Å². The van der Waals surface area contributed by atoms with Crippen LogP contribution in [0.3, 0.4) is 0 Å². The Labute approximate surface area is 93.0 Å². The van der Waals surface area contributed by atoms with E-state index in [1.165, 1.54) is 30.4 Å². The minimum absolute atomic E-state index is 0.878. The van der Waals surface area contributed by atoms with Gasteiger partial charge in [-0.2, -0.15) is 0 Å². The highest BCUT2D eigenvalue weighted by Crippen LogP contribution is 2.29. The molecule has 1 atom stereocenters. The fourth-order valence-electron chi connectivity index (χ4n) is 2.18. The van der Waals surface area contributed by atoms with Gasteiger partial charge in [0.05, 0.1) is 0 Å². The molecule has 80 valence electrons. The van der Waals surface area contributed by atoms with E-state index in [2.05, 4.69) is 44.2 Å². The van der Waals surface area contributed by atoms with Gasteiger partial charge in [-0.15, -0.1) is 0 Å². The van der Waals surface area contributed by atoms with Crippen molar-refractivity contribution >= 4 is 5.57 Å². The van der Waals surface area contributed by atoms with Gasteiger partial charge in [-0.3, -0.25) is 0 Å². The van der Waals surface area contributed by atoms with Crippen molar-refractivity contribution in [1.82, 2.24) is 0 Å². The quantitative estimate of drug-likeness (QED) is 0.661. The van der Waals surface area contributed by atoms with E-state index in [1.54, 1.807) is 5.57 Å². The van der Waals surface area contributed by atoms with Gasteiger partial charge in [0.1, 0.15) is 0 Å². The largest absolute Gasteiger partial charge is 0.0805 e. The van der Waals surface area contributed by atoms with Gasteiger partial charge in [0.25, 0.3) is 0 Å². The monoisotopic (exact) mass is 200 g/mol. The first kappa shape index (κ1) is 10.5. The van der Waals surface area contributed by atoms with E-state index >= 15 is 0 Å². The van der Waals surface area contributed by atoms with Crippen LogP contribution in [0.15, 0.2) is 30.3 Å². The van der Waals surface area contributed by atoms with E-state index in [9.17, 15) is 0 Å². The summed E-state index contributed by atoms with van der Waals surface area (Å²) in [5.41, 5.74) is 4.42. The average Bonchev–Trinajstić information content (AvgIpc) is 2.30. The molecule has 0 N–H and O–H groups in total. The van der Waals surface area contributed by atoms with Gasteiger partial charge in [-0.05, 0) is 48.3 Å². The van der Waals surface area contributed by atoms with Gasteiger partial charge in [-0.1, -0.05) is 44.2 Å². The normalized spacial score (nSPS) is 21.2. The molecule has 0 aliphatic heterocycles. The number of aryl methyl sites for hydroxylation is 1. The summed E-state index contributed by atoms with van der Waals surface area (Å²) in [5.74, 6) is 0.878. The number of hydrogen-bond donors (Lipinski definition) is 0. The van der Waals surface area contributed by atoms with Crippen LogP contribution in [0, 0.1) is 5.92 Å². The molecule has 1 aromatic rings. The highest BCUT2D eigenvalue weighted by Gasteiger charge is 2.10. The molecule has 0 radical (unpaired) electrons. The molecule has 1 unspecified atom stereocenters. The van der Waals surface area contributed by atoms with Crippen molar-refractivity contribution in [3.8, 4) is 0 Å². The number of hydrogen-bond acceptors (Lipinski definition) is 0. The predicted octanol–water partition coefficient (Wildman–Crippen LogP) is 4.45. The zero-order chi connectivity index (χ0) is 10.7. The first-order valence-corrected chi connectivity index (χ1v) is 6.08. The highest BCUT2D eigenvalue weighted by molar-refractivity contribution is 5.66. The van der Waals surface area contributed by atoms with Crippen LogP contribution in [0.4, 0.5) is 0 Å². The molecule has 15 heavy (non-hydrogen) atoms. The molecule has 0 bridgehead atoms. The van der Waals surface area contributed by atoms with Crippen molar-refractivity contribution in [2.24, 2.45) is 5.92 Å². The molecule has 0 amide bonds. The van der Waals surface area contributed by atoms with E-state index in [0.29, 0.717) is 0 Å². The summed E-state index contributed by atoms with van der Waals surface area (Å²) in [5, 5.41) is 0. The van der Waals surface area contributed by atoms with E-state index < -0.39 is 0 Å². The highest BCUT2D eigenvalue weighted by atomic mass is 14.2. The molecule has 1 aliphatic rings. The second-order valence-corrected chi connectivity index (χ2v) is 4.66. The SMILES string of the molecule is CCc1ccc(C2=CCC(C)CC2)cc1. The van der Waals surface area contributed by atoms with Gasteiger partial charge in [0, 0.05) is 0 Å². The van der Waals surface area contributed by atoms with Crippen LogP contribution < -0.4 is 0 Å². The smallest absolute Gasteiger partial charge is 0.0228 e. The minimum atomic E-state index is 0.878. The lowest BCUT2D eigenvalue weighted by Crippen LogP contribution is -2.00. The average molecular weight is 200 g/mol. The summed E-state index contributed by atoms with van der Waals surface area (Å²) in [6.07, 6.45) is 7.42. The van der Waals surface area contributed by atoms with E-state index in [1.807, 2.05) is 0 Å². The molecular weight excluding hydrogens is 180 g/mol. The summed E-state index contributed by atoms with van der Waals surface area (Å²) in [6.45, 7) is 4.55. The Morgan fingerprint density at radius 2 is 1.93 bits per heavy atom. The molecule has 0 heteroatoms. The van der Waals surface area contributed by atoms with Crippen molar-refractivity contribution in [2.75, 3.05) is 0 Å². The van der Waals surface area contributed by atoms with Crippen LogP contribution in [0.1, 0.15) is 44.2 Å². The lowest BCUT2D eigenvalue weighted by atomic mass is 9.87. The van der Waals surface area contributed by atoms with E-state index in [-0.39, 0.29) is 0 Å². The second-order valence-electron chi connectivity index (χ2n) is 4.66. The summed E-state index contributed by atoms with van der Waals surface area (Å²) in [6, 6.07) is 9.07. The Morgan fingerprint density at radius 1 is 1.20 bits per heavy atom. The van der Waals surface area contributed by atoms with Gasteiger partial charge in [-0.25, -0.2) is 0 Å². The fraction of sp³-hybridized carbons (Fsp3) is 0.467. The zero-order valence-electron chi connectivity index (χ0n) is 9.79. The Hall–Kier alpha value is -1.04. The van der Waals surface area contributed by atoms with Crippen LogP contribution in [0.5, 0.6) is 0 Å². The lowest BCUT2D eigenvalue weighted by molar-refractivity contribution is 0.534. The van der Waals surface area contributed by atoms with E-state index in [4.69, 9.17) is 0 Å². The molecular formula is C15H20. The van der Waals surface area contributed by atoms with Crippen molar-refractivity contribution in [3.05, 3.63) is 41.5 Å². The van der Waals surface area contributed by atoms with Gasteiger partial charge < -0.3 is 0 Å². The molecule has 0 saturated carbocycles.